The van der Waals surface area contributed by atoms with E-state index in [9.17, 15) is 5.11 Å². The Bertz CT molecular complexity index is 432. The molecular formula is C21H36O. The Morgan fingerprint density at radius 2 is 1.59 bits per heavy atom. The van der Waals surface area contributed by atoms with E-state index >= 15 is 0 Å². The number of hydrogen-bond donors (Lipinski definition) is 1. The number of fused-ring (bicyclic) bond motifs is 5. The monoisotopic (exact) mass is 304 g/mol. The molecule has 4 fully saturated rings. The Morgan fingerprint density at radius 3 is 2.36 bits per heavy atom. The normalized spacial score (nSPS) is 57.8. The summed E-state index contributed by atoms with van der Waals surface area (Å²) in [7, 11) is 0. The van der Waals surface area contributed by atoms with Gasteiger partial charge < -0.3 is 5.11 Å². The third kappa shape index (κ3) is 2.00. The van der Waals surface area contributed by atoms with E-state index in [2.05, 4.69) is 20.8 Å². The van der Waals surface area contributed by atoms with Crippen LogP contribution in [0.25, 0.3) is 0 Å². The predicted molar refractivity (Wildman–Crippen MR) is 91.5 cm³/mol. The molecule has 4 aliphatic carbocycles. The molecule has 4 rings (SSSR count). The largest absolute Gasteiger partial charge is 0.393 e. The standard InChI is InChI=1S/C21H36O/c1-4-14-6-8-18-17-7-5-15-13-16(22)9-11-21(15,3)19(17)10-12-20(14,18)2/h14-19,22H,4-13H2,1-3H3/t14-,15+,16-,17-,18-,19-,20-,21+/m1/s1. The number of rotatable bonds is 1. The van der Waals surface area contributed by atoms with E-state index in [-0.39, 0.29) is 6.10 Å². The molecule has 0 spiro atoms. The lowest BCUT2D eigenvalue weighted by Gasteiger charge is -2.61. The minimum Gasteiger partial charge on any atom is -0.393 e. The zero-order valence-electron chi connectivity index (χ0n) is 15.0. The highest BCUT2D eigenvalue weighted by molar-refractivity contribution is 5.08. The van der Waals surface area contributed by atoms with Crippen LogP contribution in [0.1, 0.15) is 85.0 Å². The van der Waals surface area contributed by atoms with Crippen molar-refractivity contribution < 1.29 is 5.11 Å². The summed E-state index contributed by atoms with van der Waals surface area (Å²) in [6.07, 6.45) is 13.7. The topological polar surface area (TPSA) is 20.2 Å². The van der Waals surface area contributed by atoms with Gasteiger partial charge in [0.15, 0.2) is 0 Å². The molecule has 0 radical (unpaired) electrons. The van der Waals surface area contributed by atoms with Crippen LogP contribution in [0.5, 0.6) is 0 Å². The van der Waals surface area contributed by atoms with Gasteiger partial charge in [-0.2, -0.15) is 0 Å². The first-order chi connectivity index (χ1) is 10.5. The fourth-order valence-corrected chi connectivity index (χ4v) is 8.01. The highest BCUT2D eigenvalue weighted by Crippen LogP contribution is 2.67. The fourth-order valence-electron chi connectivity index (χ4n) is 8.01. The average Bonchev–Trinajstić information content (AvgIpc) is 2.84. The lowest BCUT2D eigenvalue weighted by molar-refractivity contribution is -0.126. The average molecular weight is 305 g/mol. The van der Waals surface area contributed by atoms with Gasteiger partial charge in [-0.3, -0.25) is 0 Å². The van der Waals surface area contributed by atoms with Crippen LogP contribution >= 0.6 is 0 Å². The van der Waals surface area contributed by atoms with Crippen LogP contribution in [-0.4, -0.2) is 11.2 Å². The Labute approximate surface area is 137 Å². The summed E-state index contributed by atoms with van der Waals surface area (Å²) in [6, 6.07) is 0. The SMILES string of the molecule is CC[C@@H]1CC[C@@H]2[C@H]3CC[C@H]4C[C@H](O)CC[C@]4(C)[C@@H]3CC[C@]12C. The molecule has 4 saturated carbocycles. The second-order valence-electron chi connectivity index (χ2n) is 9.81. The van der Waals surface area contributed by atoms with Gasteiger partial charge in [0.2, 0.25) is 0 Å². The summed E-state index contributed by atoms with van der Waals surface area (Å²) in [5.74, 6) is 4.79. The van der Waals surface area contributed by atoms with Gasteiger partial charge in [0.05, 0.1) is 6.10 Å². The fraction of sp³-hybridized carbons (Fsp3) is 1.00. The molecule has 0 aliphatic heterocycles. The molecule has 22 heavy (non-hydrogen) atoms. The predicted octanol–water partition coefficient (Wildman–Crippen LogP) is 5.42. The zero-order valence-corrected chi connectivity index (χ0v) is 15.0. The lowest BCUT2D eigenvalue weighted by atomic mass is 9.44. The molecule has 4 aliphatic rings. The first-order valence-electron chi connectivity index (χ1n) is 10.2. The summed E-state index contributed by atoms with van der Waals surface area (Å²) in [6.45, 7) is 7.68. The van der Waals surface area contributed by atoms with Crippen molar-refractivity contribution in [1.82, 2.24) is 0 Å². The maximum absolute atomic E-state index is 10.1. The van der Waals surface area contributed by atoms with E-state index in [1.54, 1.807) is 0 Å². The Morgan fingerprint density at radius 1 is 0.864 bits per heavy atom. The summed E-state index contributed by atoms with van der Waals surface area (Å²) < 4.78 is 0. The number of aliphatic hydroxyl groups is 1. The highest BCUT2D eigenvalue weighted by Gasteiger charge is 2.59. The van der Waals surface area contributed by atoms with E-state index in [4.69, 9.17) is 0 Å². The lowest BCUT2D eigenvalue weighted by Crippen LogP contribution is -2.53. The summed E-state index contributed by atoms with van der Waals surface area (Å²) >= 11 is 0. The highest BCUT2D eigenvalue weighted by atomic mass is 16.3. The van der Waals surface area contributed by atoms with Gasteiger partial charge in [0.1, 0.15) is 0 Å². The zero-order chi connectivity index (χ0) is 15.5. The molecule has 0 bridgehead atoms. The maximum atomic E-state index is 10.1. The van der Waals surface area contributed by atoms with Gasteiger partial charge in [0.25, 0.3) is 0 Å². The molecule has 0 aromatic heterocycles. The minimum absolute atomic E-state index is 0.000524. The molecule has 0 aromatic carbocycles. The van der Waals surface area contributed by atoms with Crippen molar-refractivity contribution in [3.63, 3.8) is 0 Å². The first kappa shape index (κ1) is 15.5. The van der Waals surface area contributed by atoms with Crippen molar-refractivity contribution in [1.29, 1.82) is 0 Å². The van der Waals surface area contributed by atoms with Crippen molar-refractivity contribution in [3.05, 3.63) is 0 Å². The molecule has 1 heteroatoms. The van der Waals surface area contributed by atoms with Crippen LogP contribution in [0.2, 0.25) is 0 Å². The Hall–Kier alpha value is -0.0400. The quantitative estimate of drug-likeness (QED) is 0.686. The molecule has 8 atom stereocenters. The first-order valence-corrected chi connectivity index (χ1v) is 10.2. The van der Waals surface area contributed by atoms with Crippen molar-refractivity contribution in [2.24, 2.45) is 40.4 Å². The summed E-state index contributed by atoms with van der Waals surface area (Å²) in [5.41, 5.74) is 1.21. The molecule has 0 aromatic rings. The van der Waals surface area contributed by atoms with Crippen LogP contribution in [0, 0.1) is 40.4 Å². The smallest absolute Gasteiger partial charge is 0.0543 e. The summed E-state index contributed by atoms with van der Waals surface area (Å²) in [4.78, 5) is 0. The molecule has 0 saturated heterocycles. The van der Waals surface area contributed by atoms with Gasteiger partial charge in [-0.25, -0.2) is 0 Å². The van der Waals surface area contributed by atoms with E-state index in [0.717, 1.165) is 42.4 Å². The van der Waals surface area contributed by atoms with Crippen LogP contribution in [0.3, 0.4) is 0 Å². The Balaban J connectivity index is 1.61. The van der Waals surface area contributed by atoms with Gasteiger partial charge >= 0.3 is 0 Å². The van der Waals surface area contributed by atoms with E-state index < -0.39 is 0 Å². The van der Waals surface area contributed by atoms with E-state index in [1.807, 2.05) is 0 Å². The van der Waals surface area contributed by atoms with Crippen LogP contribution in [0.4, 0.5) is 0 Å². The van der Waals surface area contributed by atoms with Crippen LogP contribution in [-0.2, 0) is 0 Å². The molecule has 1 nitrogen and oxygen atoms in total. The van der Waals surface area contributed by atoms with Gasteiger partial charge in [-0.05, 0) is 98.2 Å². The van der Waals surface area contributed by atoms with Crippen molar-refractivity contribution in [2.45, 2.75) is 91.1 Å². The second-order valence-corrected chi connectivity index (χ2v) is 9.81. The minimum atomic E-state index is -0.000524. The maximum Gasteiger partial charge on any atom is 0.0543 e. The van der Waals surface area contributed by atoms with E-state index in [0.29, 0.717) is 10.8 Å². The number of aliphatic hydroxyl groups excluding tert-OH is 1. The Kier molecular flexibility index (Phi) is 3.68. The third-order valence-corrected chi connectivity index (χ3v) is 9.33. The van der Waals surface area contributed by atoms with Gasteiger partial charge in [-0.15, -0.1) is 0 Å². The third-order valence-electron chi connectivity index (χ3n) is 9.33. The van der Waals surface area contributed by atoms with Crippen LogP contribution < -0.4 is 0 Å². The number of hydrogen-bond acceptors (Lipinski definition) is 1. The van der Waals surface area contributed by atoms with Crippen LogP contribution in [0.15, 0.2) is 0 Å². The second kappa shape index (κ2) is 5.23. The molecule has 1 N–H and O–H groups in total. The molecular weight excluding hydrogens is 268 g/mol. The van der Waals surface area contributed by atoms with Crippen molar-refractivity contribution in [2.75, 3.05) is 0 Å². The molecule has 126 valence electrons. The molecule has 0 amide bonds. The van der Waals surface area contributed by atoms with Gasteiger partial charge in [0, 0.05) is 0 Å². The van der Waals surface area contributed by atoms with Gasteiger partial charge in [-0.1, -0.05) is 27.2 Å². The molecule has 0 heterocycles. The van der Waals surface area contributed by atoms with Crippen molar-refractivity contribution in [3.8, 4) is 0 Å². The van der Waals surface area contributed by atoms with E-state index in [1.165, 1.54) is 51.4 Å². The molecule has 0 unspecified atom stereocenters. The van der Waals surface area contributed by atoms with Crippen molar-refractivity contribution >= 4 is 0 Å². The summed E-state index contributed by atoms with van der Waals surface area (Å²) in [5, 5.41) is 10.1.